The molecule has 4 aromatic rings. The number of fused-ring (bicyclic) bond motifs is 1. The summed E-state index contributed by atoms with van der Waals surface area (Å²) in [6, 6.07) is 19.6. The van der Waals surface area contributed by atoms with Crippen molar-refractivity contribution in [2.45, 2.75) is 26.1 Å². The monoisotopic (exact) mass is 593 g/mol. The molecular weight excluding hydrogens is 562 g/mol. The van der Waals surface area contributed by atoms with Gasteiger partial charge in [0.25, 0.3) is 5.91 Å². The summed E-state index contributed by atoms with van der Waals surface area (Å²) in [7, 11) is 5.03. The number of ether oxygens (including phenoxy) is 4. The molecule has 0 saturated carbocycles. The Morgan fingerprint density at radius 1 is 0.902 bits per heavy atom. The fourth-order valence-electron chi connectivity index (χ4n) is 4.62. The molecule has 214 valence electrons. The third-order valence-electron chi connectivity index (χ3n) is 6.82. The van der Waals surface area contributed by atoms with E-state index in [1.165, 1.54) is 11.3 Å². The predicted octanol–water partition coefficient (Wildman–Crippen LogP) is 6.06. The lowest BCUT2D eigenvalue weighted by atomic mass is 10.1. The number of halogens is 1. The van der Waals surface area contributed by atoms with Gasteiger partial charge in [0.15, 0.2) is 23.0 Å². The molecule has 0 aliphatic carbocycles. The van der Waals surface area contributed by atoms with E-state index in [-0.39, 0.29) is 12.7 Å². The minimum absolute atomic E-state index is 0.104. The molecule has 0 spiro atoms. The van der Waals surface area contributed by atoms with Crippen molar-refractivity contribution in [3.8, 4) is 23.0 Å². The number of likely N-dealkylation sites (N-methyl/N-ethyl adjacent to an activating group) is 1. The molecule has 1 aliphatic rings. The van der Waals surface area contributed by atoms with Crippen LogP contribution >= 0.6 is 22.9 Å². The molecule has 1 aromatic heterocycles. The molecule has 0 atom stereocenters. The van der Waals surface area contributed by atoms with Crippen LogP contribution in [0.2, 0.25) is 5.02 Å². The summed E-state index contributed by atoms with van der Waals surface area (Å²) < 4.78 is 21.8. The predicted molar refractivity (Wildman–Crippen MR) is 159 cm³/mol. The van der Waals surface area contributed by atoms with Crippen LogP contribution < -0.4 is 18.9 Å². The van der Waals surface area contributed by atoms with E-state index in [1.54, 1.807) is 26.2 Å². The molecule has 0 radical (unpaired) electrons. The summed E-state index contributed by atoms with van der Waals surface area (Å²) >= 11 is 7.60. The third kappa shape index (κ3) is 7.30. The van der Waals surface area contributed by atoms with Gasteiger partial charge in [0, 0.05) is 37.1 Å². The first-order chi connectivity index (χ1) is 19.9. The Morgan fingerprint density at radius 3 is 2.39 bits per heavy atom. The van der Waals surface area contributed by atoms with E-state index in [1.807, 2.05) is 66.0 Å². The van der Waals surface area contributed by atoms with Gasteiger partial charge in [0.2, 0.25) is 6.79 Å². The highest BCUT2D eigenvalue weighted by atomic mass is 35.5. The zero-order valence-electron chi connectivity index (χ0n) is 23.3. The van der Waals surface area contributed by atoms with Crippen molar-refractivity contribution < 1.29 is 23.7 Å². The zero-order valence-corrected chi connectivity index (χ0v) is 24.8. The molecule has 2 heterocycles. The van der Waals surface area contributed by atoms with Crippen molar-refractivity contribution in [1.29, 1.82) is 0 Å². The number of hydrogen-bond acceptors (Lipinski definition) is 8. The maximum absolute atomic E-state index is 13.2. The van der Waals surface area contributed by atoms with Crippen LogP contribution in [0.4, 0.5) is 0 Å². The van der Waals surface area contributed by atoms with Crippen molar-refractivity contribution in [2.75, 3.05) is 34.6 Å². The van der Waals surface area contributed by atoms with Gasteiger partial charge in [-0.25, -0.2) is 4.98 Å². The second-order valence-electron chi connectivity index (χ2n) is 9.75. The number of aromatic nitrogens is 1. The van der Waals surface area contributed by atoms with Crippen molar-refractivity contribution in [1.82, 2.24) is 14.8 Å². The van der Waals surface area contributed by atoms with Crippen LogP contribution in [-0.2, 0) is 26.1 Å². The lowest BCUT2D eigenvalue weighted by molar-refractivity contribution is 0.0791. The molecule has 10 heteroatoms. The highest BCUT2D eigenvalue weighted by Gasteiger charge is 2.19. The fraction of sp³-hybridized carbons (Fsp3) is 0.290. The minimum atomic E-state index is -0.104. The molecule has 1 aliphatic heterocycles. The van der Waals surface area contributed by atoms with E-state index in [0.29, 0.717) is 54.8 Å². The number of rotatable bonds is 12. The fourth-order valence-corrected chi connectivity index (χ4v) is 5.55. The van der Waals surface area contributed by atoms with E-state index >= 15 is 0 Å². The van der Waals surface area contributed by atoms with Crippen LogP contribution in [0.1, 0.15) is 32.2 Å². The quantitative estimate of drug-likeness (QED) is 0.198. The van der Waals surface area contributed by atoms with Crippen molar-refractivity contribution in [2.24, 2.45) is 0 Å². The highest BCUT2D eigenvalue weighted by Crippen LogP contribution is 2.33. The zero-order chi connectivity index (χ0) is 28.8. The number of benzene rings is 3. The number of methoxy groups -OCH3 is 2. The number of amides is 1. The van der Waals surface area contributed by atoms with Gasteiger partial charge in [-0.1, -0.05) is 35.9 Å². The molecule has 0 bridgehead atoms. The molecule has 41 heavy (non-hydrogen) atoms. The summed E-state index contributed by atoms with van der Waals surface area (Å²) in [6.07, 6.45) is 0.685. The molecule has 8 nitrogen and oxygen atoms in total. The average Bonchev–Trinajstić information content (AvgIpc) is 3.66. The molecule has 5 rings (SSSR count). The van der Waals surface area contributed by atoms with Crippen molar-refractivity contribution >= 4 is 28.8 Å². The topological polar surface area (TPSA) is 73.4 Å². The van der Waals surface area contributed by atoms with Gasteiger partial charge in [0.1, 0.15) is 10.7 Å². The lowest BCUT2D eigenvalue weighted by Gasteiger charge is -2.22. The van der Waals surface area contributed by atoms with Crippen LogP contribution in [0.5, 0.6) is 23.0 Å². The summed E-state index contributed by atoms with van der Waals surface area (Å²) in [6.45, 7) is 2.75. The van der Waals surface area contributed by atoms with Gasteiger partial charge >= 0.3 is 0 Å². The molecule has 0 N–H and O–H groups in total. The Bertz CT molecular complexity index is 1490. The molecule has 0 saturated heterocycles. The highest BCUT2D eigenvalue weighted by molar-refractivity contribution is 7.09. The van der Waals surface area contributed by atoms with Gasteiger partial charge in [-0.05, 0) is 59.5 Å². The molecule has 0 unspecified atom stereocenters. The summed E-state index contributed by atoms with van der Waals surface area (Å²) in [5.74, 6) is 2.77. The largest absolute Gasteiger partial charge is 0.493 e. The average molecular weight is 594 g/mol. The maximum Gasteiger partial charge on any atom is 0.273 e. The van der Waals surface area contributed by atoms with E-state index in [4.69, 9.17) is 35.5 Å². The Morgan fingerprint density at radius 2 is 1.61 bits per heavy atom. The number of nitrogens with zero attached hydrogens (tertiary/aromatic N) is 3. The number of thiazole rings is 1. The molecule has 0 fully saturated rings. The van der Waals surface area contributed by atoms with Gasteiger partial charge in [-0.3, -0.25) is 9.69 Å². The van der Waals surface area contributed by atoms with E-state index in [0.717, 1.165) is 33.2 Å². The Labute approximate surface area is 249 Å². The van der Waals surface area contributed by atoms with Crippen molar-refractivity contribution in [3.05, 3.63) is 98.5 Å². The Balaban J connectivity index is 1.24. The summed E-state index contributed by atoms with van der Waals surface area (Å²) in [5, 5.41) is 3.41. The molecular formula is C31H32ClN3O5S. The smallest absolute Gasteiger partial charge is 0.273 e. The van der Waals surface area contributed by atoms with E-state index < -0.39 is 0 Å². The third-order valence-corrected chi connectivity index (χ3v) is 7.91. The van der Waals surface area contributed by atoms with E-state index in [9.17, 15) is 4.79 Å². The van der Waals surface area contributed by atoms with Crippen LogP contribution in [0.25, 0.3) is 0 Å². The SMILES string of the molecule is COc1ccc(CCN(C)C(=O)c2csc(CN(Cc3ccc(Cl)cc3)Cc3ccc4c(c3)OCO4)n2)cc1OC. The second kappa shape index (κ2) is 13.2. The van der Waals surface area contributed by atoms with Gasteiger partial charge in [-0.2, -0.15) is 0 Å². The lowest BCUT2D eigenvalue weighted by Crippen LogP contribution is -2.29. The number of hydrogen-bond donors (Lipinski definition) is 0. The van der Waals surface area contributed by atoms with Crippen LogP contribution in [-0.4, -0.2) is 55.3 Å². The maximum atomic E-state index is 13.2. The first-order valence-electron chi connectivity index (χ1n) is 13.2. The van der Waals surface area contributed by atoms with E-state index in [2.05, 4.69) is 4.90 Å². The van der Waals surface area contributed by atoms with Crippen LogP contribution in [0.15, 0.2) is 66.0 Å². The van der Waals surface area contributed by atoms with Gasteiger partial charge < -0.3 is 23.8 Å². The van der Waals surface area contributed by atoms with Crippen LogP contribution in [0, 0.1) is 0 Å². The Hall–Kier alpha value is -3.79. The first-order valence-corrected chi connectivity index (χ1v) is 14.4. The number of carbonyl (C=O) groups excluding carboxylic acids is 1. The second-order valence-corrected chi connectivity index (χ2v) is 11.1. The van der Waals surface area contributed by atoms with Crippen molar-refractivity contribution in [3.63, 3.8) is 0 Å². The van der Waals surface area contributed by atoms with Gasteiger partial charge in [0.05, 0.1) is 20.8 Å². The minimum Gasteiger partial charge on any atom is -0.493 e. The Kier molecular flexibility index (Phi) is 9.28. The number of carbonyl (C=O) groups is 1. The summed E-state index contributed by atoms with van der Waals surface area (Å²) in [4.78, 5) is 21.9. The molecule has 1 amide bonds. The molecule has 3 aromatic carbocycles. The normalized spacial score (nSPS) is 12.0. The van der Waals surface area contributed by atoms with Gasteiger partial charge in [-0.15, -0.1) is 11.3 Å². The summed E-state index contributed by atoms with van der Waals surface area (Å²) in [5.41, 5.74) is 3.75. The van der Waals surface area contributed by atoms with Crippen LogP contribution in [0.3, 0.4) is 0 Å². The standard InChI is InChI=1S/C31H32ClN3O5S/c1-34(13-12-21-6-10-26(37-2)28(14-21)38-3)31(36)25-19-41-30(33-25)18-35(16-22-4-8-24(32)9-5-22)17-23-7-11-27-29(15-23)40-20-39-27/h4-11,14-15,19H,12-13,16-18,20H2,1-3H3. The first kappa shape index (κ1) is 28.7.